The van der Waals surface area contributed by atoms with Gasteiger partial charge in [0.25, 0.3) is 0 Å². The second-order valence-corrected chi connectivity index (χ2v) is 7.69. The maximum absolute atomic E-state index is 14.0. The third kappa shape index (κ3) is 3.00. The minimum Gasteiger partial charge on any atom is -0.478 e. The van der Waals surface area contributed by atoms with Crippen molar-refractivity contribution in [2.75, 3.05) is 6.73 Å². The molecular formula is C23H22FNO3. The molecule has 3 aliphatic rings. The van der Waals surface area contributed by atoms with Gasteiger partial charge in [-0.1, -0.05) is 37.5 Å². The van der Waals surface area contributed by atoms with Gasteiger partial charge in [-0.05, 0) is 37.1 Å². The molecule has 0 saturated heterocycles. The number of ether oxygens (including phenoxy) is 2. The van der Waals surface area contributed by atoms with E-state index < -0.39 is 0 Å². The summed E-state index contributed by atoms with van der Waals surface area (Å²) in [5, 5.41) is 0. The van der Waals surface area contributed by atoms with Gasteiger partial charge < -0.3 is 9.47 Å². The molecule has 0 N–H and O–H groups in total. The van der Waals surface area contributed by atoms with E-state index in [1.807, 2.05) is 6.07 Å². The van der Waals surface area contributed by atoms with Crippen molar-refractivity contribution >= 4 is 11.9 Å². The number of hydrogen-bond acceptors (Lipinski definition) is 4. The lowest BCUT2D eigenvalue weighted by Crippen LogP contribution is -2.41. The number of carbonyl (C=O) groups is 1. The Bertz CT molecular complexity index is 962. The Morgan fingerprint density at radius 1 is 1.07 bits per heavy atom. The predicted octanol–water partition coefficient (Wildman–Crippen LogP) is 4.93. The van der Waals surface area contributed by atoms with E-state index in [-0.39, 0.29) is 17.4 Å². The predicted molar refractivity (Wildman–Crippen MR) is 104 cm³/mol. The van der Waals surface area contributed by atoms with Crippen LogP contribution >= 0.6 is 0 Å². The van der Waals surface area contributed by atoms with Gasteiger partial charge in [-0.3, -0.25) is 9.69 Å². The van der Waals surface area contributed by atoms with Gasteiger partial charge in [-0.15, -0.1) is 0 Å². The third-order valence-electron chi connectivity index (χ3n) is 5.93. The first-order valence-electron chi connectivity index (χ1n) is 9.92. The smallest absolute Gasteiger partial charge is 0.231 e. The molecule has 0 spiro atoms. The van der Waals surface area contributed by atoms with Gasteiger partial charge in [0.2, 0.25) is 5.78 Å². The largest absolute Gasteiger partial charge is 0.478 e. The number of allylic oxidation sites excluding steroid dienone is 1. The van der Waals surface area contributed by atoms with Crippen LogP contribution < -0.4 is 9.47 Å². The number of rotatable bonds is 2. The van der Waals surface area contributed by atoms with Crippen molar-refractivity contribution in [3.8, 4) is 11.5 Å². The summed E-state index contributed by atoms with van der Waals surface area (Å²) < 4.78 is 25.9. The summed E-state index contributed by atoms with van der Waals surface area (Å²) in [6.45, 7) is 1.28. The van der Waals surface area contributed by atoms with Crippen LogP contribution in [0, 0.1) is 5.82 Å². The van der Waals surface area contributed by atoms with Crippen molar-refractivity contribution in [2.45, 2.75) is 44.7 Å². The van der Waals surface area contributed by atoms with Gasteiger partial charge >= 0.3 is 0 Å². The Hall–Kier alpha value is -2.66. The summed E-state index contributed by atoms with van der Waals surface area (Å²) in [6, 6.07) is 10.5. The molecule has 0 aromatic heterocycles. The highest BCUT2D eigenvalue weighted by molar-refractivity contribution is 6.15. The Morgan fingerprint density at radius 2 is 1.89 bits per heavy atom. The van der Waals surface area contributed by atoms with Crippen molar-refractivity contribution in [3.05, 3.63) is 64.7 Å². The van der Waals surface area contributed by atoms with Crippen LogP contribution in [0.5, 0.6) is 11.5 Å². The molecular weight excluding hydrogens is 357 g/mol. The monoisotopic (exact) mass is 379 g/mol. The van der Waals surface area contributed by atoms with E-state index in [0.29, 0.717) is 36.2 Å². The zero-order chi connectivity index (χ0) is 19.1. The van der Waals surface area contributed by atoms with Crippen LogP contribution in [0.25, 0.3) is 6.08 Å². The maximum Gasteiger partial charge on any atom is 0.231 e. The molecule has 2 heterocycles. The molecule has 0 amide bonds. The molecule has 5 rings (SSSR count). The molecule has 2 aromatic carbocycles. The number of halogens is 1. The highest BCUT2D eigenvalue weighted by atomic mass is 19.1. The van der Waals surface area contributed by atoms with Crippen molar-refractivity contribution in [3.63, 3.8) is 0 Å². The fraction of sp³-hybridized carbons (Fsp3) is 0.348. The lowest BCUT2D eigenvalue weighted by atomic mass is 9.93. The zero-order valence-corrected chi connectivity index (χ0v) is 15.6. The van der Waals surface area contributed by atoms with Crippen LogP contribution in [-0.4, -0.2) is 23.5 Å². The Kier molecular flexibility index (Phi) is 4.40. The van der Waals surface area contributed by atoms with Gasteiger partial charge in [0.05, 0.1) is 11.1 Å². The summed E-state index contributed by atoms with van der Waals surface area (Å²) in [5.74, 6) is 0.895. The molecule has 2 aliphatic heterocycles. The van der Waals surface area contributed by atoms with E-state index in [4.69, 9.17) is 9.47 Å². The highest BCUT2D eigenvalue weighted by Crippen LogP contribution is 2.43. The van der Waals surface area contributed by atoms with Crippen LogP contribution in [0.3, 0.4) is 0 Å². The van der Waals surface area contributed by atoms with Crippen molar-refractivity contribution in [2.24, 2.45) is 0 Å². The third-order valence-corrected chi connectivity index (χ3v) is 5.93. The molecule has 28 heavy (non-hydrogen) atoms. The van der Waals surface area contributed by atoms with E-state index in [0.717, 1.165) is 11.3 Å². The lowest BCUT2D eigenvalue weighted by Gasteiger charge is -2.37. The van der Waals surface area contributed by atoms with Crippen LogP contribution in [0.1, 0.15) is 53.6 Å². The van der Waals surface area contributed by atoms with Crippen LogP contribution in [-0.2, 0) is 6.54 Å². The number of carbonyl (C=O) groups excluding carboxylic acids is 1. The van der Waals surface area contributed by atoms with Gasteiger partial charge in [0, 0.05) is 18.2 Å². The van der Waals surface area contributed by atoms with E-state index in [1.54, 1.807) is 24.3 Å². The Balaban J connectivity index is 1.46. The first-order valence-corrected chi connectivity index (χ1v) is 9.92. The van der Waals surface area contributed by atoms with E-state index in [9.17, 15) is 9.18 Å². The molecule has 2 aromatic rings. The molecule has 5 heteroatoms. The van der Waals surface area contributed by atoms with Crippen molar-refractivity contribution in [1.82, 2.24) is 4.90 Å². The number of fused-ring (bicyclic) bond motifs is 3. The quantitative estimate of drug-likeness (QED) is 0.694. The van der Waals surface area contributed by atoms with Crippen LogP contribution in [0.15, 0.2) is 42.2 Å². The standard InChI is InChI=1S/C23H22FNO3/c24-19-9-5-4-6-15(19)12-21-22(26)17-10-11-20-18(23(17)28-21)13-25(14-27-20)16-7-2-1-3-8-16/h4-6,9-12,16H,1-3,7-8,13-14H2/b21-12-. The second kappa shape index (κ2) is 7.06. The Labute approximate surface area is 163 Å². The average molecular weight is 379 g/mol. The fourth-order valence-corrected chi connectivity index (χ4v) is 4.39. The van der Waals surface area contributed by atoms with Crippen molar-refractivity contribution < 1.29 is 18.7 Å². The summed E-state index contributed by atoms with van der Waals surface area (Å²) in [6.07, 6.45) is 7.67. The highest BCUT2D eigenvalue weighted by Gasteiger charge is 2.35. The van der Waals surface area contributed by atoms with Gasteiger partial charge in [0.1, 0.15) is 24.0 Å². The molecule has 0 atom stereocenters. The van der Waals surface area contributed by atoms with Gasteiger partial charge in [0.15, 0.2) is 5.76 Å². The maximum atomic E-state index is 14.0. The molecule has 144 valence electrons. The van der Waals surface area contributed by atoms with Gasteiger partial charge in [-0.2, -0.15) is 0 Å². The molecule has 4 nitrogen and oxygen atoms in total. The summed E-state index contributed by atoms with van der Waals surface area (Å²) in [7, 11) is 0. The van der Waals surface area contributed by atoms with E-state index in [2.05, 4.69) is 4.90 Å². The average Bonchev–Trinajstić information content (AvgIpc) is 3.06. The second-order valence-electron chi connectivity index (χ2n) is 7.69. The van der Waals surface area contributed by atoms with Crippen LogP contribution in [0.4, 0.5) is 4.39 Å². The van der Waals surface area contributed by atoms with E-state index >= 15 is 0 Å². The number of nitrogens with zero attached hydrogens (tertiary/aromatic N) is 1. The first kappa shape index (κ1) is 17.4. The molecule has 1 aliphatic carbocycles. The lowest BCUT2D eigenvalue weighted by molar-refractivity contribution is 0.0394. The topological polar surface area (TPSA) is 38.8 Å². The zero-order valence-electron chi connectivity index (χ0n) is 15.6. The fourth-order valence-electron chi connectivity index (χ4n) is 4.39. The van der Waals surface area contributed by atoms with E-state index in [1.165, 1.54) is 44.2 Å². The molecule has 0 radical (unpaired) electrons. The molecule has 0 unspecified atom stereocenters. The number of Topliss-reactive ketones (excluding diaryl/α,β-unsaturated/α-hetero) is 1. The number of ketones is 1. The SMILES string of the molecule is O=C1/C(=C/c2ccccc2F)Oc2c1ccc1c2CN(C2CCCCC2)CO1. The normalized spacial score (nSPS) is 21.2. The molecule has 1 fully saturated rings. The van der Waals surface area contributed by atoms with Crippen molar-refractivity contribution in [1.29, 1.82) is 0 Å². The molecule has 1 saturated carbocycles. The summed E-state index contributed by atoms with van der Waals surface area (Å²) in [4.78, 5) is 15.2. The van der Waals surface area contributed by atoms with Crippen LogP contribution in [0.2, 0.25) is 0 Å². The Morgan fingerprint density at radius 3 is 2.71 bits per heavy atom. The van der Waals surface area contributed by atoms with Gasteiger partial charge in [-0.25, -0.2) is 4.39 Å². The summed E-state index contributed by atoms with van der Waals surface area (Å²) in [5.41, 5.74) is 1.78. The minimum atomic E-state index is -0.379. The summed E-state index contributed by atoms with van der Waals surface area (Å²) >= 11 is 0. The minimum absolute atomic E-state index is 0.156. The number of hydrogen-bond donors (Lipinski definition) is 0. The molecule has 0 bridgehead atoms. The number of benzene rings is 2. The first-order chi connectivity index (χ1) is 13.7.